The number of para-hydroxylation sites is 1. The number of hydrogen-bond donors (Lipinski definition) is 2. The fourth-order valence-electron chi connectivity index (χ4n) is 2.56. The van der Waals surface area contributed by atoms with Crippen LogP contribution in [0.2, 0.25) is 0 Å². The van der Waals surface area contributed by atoms with Gasteiger partial charge < -0.3 is 15.6 Å². The van der Waals surface area contributed by atoms with E-state index in [1.54, 1.807) is 0 Å². The first-order chi connectivity index (χ1) is 7.84. The summed E-state index contributed by atoms with van der Waals surface area (Å²) in [6, 6.07) is 8.86. The Labute approximate surface area is 95.2 Å². The van der Waals surface area contributed by atoms with Crippen LogP contribution >= 0.6 is 0 Å². The van der Waals surface area contributed by atoms with Gasteiger partial charge in [-0.1, -0.05) is 12.1 Å². The third kappa shape index (κ3) is 1.57. The summed E-state index contributed by atoms with van der Waals surface area (Å²) in [6.07, 6.45) is 4.34. The lowest BCUT2D eigenvalue weighted by molar-refractivity contribution is 0.507. The maximum absolute atomic E-state index is 6.03. The number of rotatable bonds is 1. The number of anilines is 1. The molecule has 0 amide bonds. The van der Waals surface area contributed by atoms with Crippen molar-refractivity contribution in [1.82, 2.24) is 4.98 Å². The fraction of sp³-hybridized carbons (Fsp3) is 0.385. The Morgan fingerprint density at radius 1 is 1.31 bits per heavy atom. The van der Waals surface area contributed by atoms with Crippen LogP contribution in [-0.4, -0.2) is 24.1 Å². The monoisotopic (exact) mass is 215 g/mol. The Kier molecular flexibility index (Phi) is 2.33. The second kappa shape index (κ2) is 3.83. The number of nitrogens with two attached hydrogens (primary N) is 1. The minimum atomic E-state index is 0.318. The van der Waals surface area contributed by atoms with Gasteiger partial charge in [0.2, 0.25) is 0 Å². The third-order valence-corrected chi connectivity index (χ3v) is 3.36. The van der Waals surface area contributed by atoms with Crippen LogP contribution in [0.5, 0.6) is 0 Å². The molecule has 1 saturated heterocycles. The van der Waals surface area contributed by atoms with E-state index >= 15 is 0 Å². The van der Waals surface area contributed by atoms with Crippen LogP contribution in [0.3, 0.4) is 0 Å². The number of hydrogen-bond acceptors (Lipinski definition) is 2. The highest BCUT2D eigenvalue weighted by Gasteiger charge is 2.18. The lowest BCUT2D eigenvalue weighted by Crippen LogP contribution is -2.42. The third-order valence-electron chi connectivity index (χ3n) is 3.36. The molecular formula is C13H17N3. The highest BCUT2D eigenvalue weighted by atomic mass is 15.2. The molecule has 1 atom stereocenters. The van der Waals surface area contributed by atoms with E-state index in [1.165, 1.54) is 23.0 Å². The van der Waals surface area contributed by atoms with Crippen molar-refractivity contribution in [2.24, 2.45) is 5.73 Å². The Hall–Kier alpha value is -1.48. The Morgan fingerprint density at radius 3 is 3.12 bits per heavy atom. The number of nitrogens with one attached hydrogen (secondary N) is 1. The highest BCUT2D eigenvalue weighted by molar-refractivity contribution is 5.91. The second-order valence-electron chi connectivity index (χ2n) is 4.57. The van der Waals surface area contributed by atoms with Crippen LogP contribution in [0.1, 0.15) is 12.8 Å². The first-order valence-electron chi connectivity index (χ1n) is 5.91. The number of nitrogens with zero attached hydrogens (tertiary/aromatic N) is 1. The number of aromatic nitrogens is 1. The number of benzene rings is 1. The molecule has 2 heterocycles. The summed E-state index contributed by atoms with van der Waals surface area (Å²) in [5, 5.41) is 1.27. The van der Waals surface area contributed by atoms with Crippen molar-refractivity contribution in [2.75, 3.05) is 18.0 Å². The van der Waals surface area contributed by atoms with Crippen LogP contribution in [0.4, 0.5) is 5.69 Å². The van der Waals surface area contributed by atoms with Crippen molar-refractivity contribution in [3.63, 3.8) is 0 Å². The van der Waals surface area contributed by atoms with Gasteiger partial charge >= 0.3 is 0 Å². The van der Waals surface area contributed by atoms with E-state index in [1.807, 2.05) is 6.20 Å². The van der Waals surface area contributed by atoms with E-state index in [4.69, 9.17) is 5.73 Å². The molecule has 0 bridgehead atoms. The normalized spacial score (nSPS) is 21.6. The first-order valence-corrected chi connectivity index (χ1v) is 5.91. The Bertz CT molecular complexity index is 489. The lowest BCUT2D eigenvalue weighted by atomic mass is 10.1. The van der Waals surface area contributed by atoms with Crippen molar-refractivity contribution < 1.29 is 0 Å². The largest absolute Gasteiger partial charge is 0.368 e. The summed E-state index contributed by atoms with van der Waals surface area (Å²) in [7, 11) is 0. The van der Waals surface area contributed by atoms with E-state index in [0.717, 1.165) is 19.5 Å². The summed E-state index contributed by atoms with van der Waals surface area (Å²) >= 11 is 0. The molecule has 3 N–H and O–H groups in total. The smallest absolute Gasteiger partial charge is 0.0691 e. The van der Waals surface area contributed by atoms with E-state index in [9.17, 15) is 0 Å². The molecule has 0 saturated carbocycles. The van der Waals surface area contributed by atoms with Crippen LogP contribution in [0.25, 0.3) is 10.9 Å². The Morgan fingerprint density at radius 2 is 2.25 bits per heavy atom. The quantitative estimate of drug-likeness (QED) is 0.765. The van der Waals surface area contributed by atoms with Crippen LogP contribution in [0, 0.1) is 0 Å². The summed E-state index contributed by atoms with van der Waals surface area (Å²) in [4.78, 5) is 5.71. The molecule has 0 aliphatic carbocycles. The predicted molar refractivity (Wildman–Crippen MR) is 67.7 cm³/mol. The minimum Gasteiger partial charge on any atom is -0.368 e. The van der Waals surface area contributed by atoms with Crippen molar-refractivity contribution in [2.45, 2.75) is 18.9 Å². The summed E-state index contributed by atoms with van der Waals surface area (Å²) in [6.45, 7) is 2.09. The van der Waals surface area contributed by atoms with Gasteiger partial charge in [0.1, 0.15) is 0 Å². The zero-order valence-corrected chi connectivity index (χ0v) is 9.32. The van der Waals surface area contributed by atoms with Crippen molar-refractivity contribution in [3.05, 3.63) is 30.5 Å². The van der Waals surface area contributed by atoms with Gasteiger partial charge in [-0.3, -0.25) is 0 Å². The fourth-order valence-corrected chi connectivity index (χ4v) is 2.56. The number of aromatic amines is 1. The van der Waals surface area contributed by atoms with Gasteiger partial charge in [-0.25, -0.2) is 0 Å². The highest BCUT2D eigenvalue weighted by Crippen LogP contribution is 2.27. The molecule has 1 aromatic carbocycles. The average Bonchev–Trinajstić information content (AvgIpc) is 2.76. The van der Waals surface area contributed by atoms with Crippen molar-refractivity contribution >= 4 is 16.6 Å². The molecule has 0 spiro atoms. The van der Waals surface area contributed by atoms with Gasteiger partial charge in [-0.05, 0) is 25.0 Å². The minimum absolute atomic E-state index is 0.318. The number of fused-ring (bicyclic) bond motifs is 1. The van der Waals surface area contributed by atoms with Gasteiger partial charge in [0.05, 0.1) is 11.2 Å². The number of H-pyrrole nitrogens is 1. The molecule has 3 nitrogen and oxygen atoms in total. The molecule has 0 radical (unpaired) electrons. The second-order valence-corrected chi connectivity index (χ2v) is 4.57. The molecule has 84 valence electrons. The van der Waals surface area contributed by atoms with Gasteiger partial charge in [0.25, 0.3) is 0 Å². The summed E-state index contributed by atoms with van der Waals surface area (Å²) < 4.78 is 0. The predicted octanol–water partition coefficient (Wildman–Crippen LogP) is 2.10. The van der Waals surface area contributed by atoms with Crippen LogP contribution < -0.4 is 10.6 Å². The van der Waals surface area contributed by atoms with Gasteiger partial charge in [0, 0.05) is 30.7 Å². The van der Waals surface area contributed by atoms with E-state index < -0.39 is 0 Å². The summed E-state index contributed by atoms with van der Waals surface area (Å²) in [5.41, 5.74) is 8.55. The van der Waals surface area contributed by atoms with Crippen LogP contribution in [0.15, 0.2) is 30.5 Å². The molecule has 3 rings (SSSR count). The molecule has 2 aromatic rings. The lowest BCUT2D eigenvalue weighted by Gasteiger charge is -2.32. The van der Waals surface area contributed by atoms with Gasteiger partial charge in [-0.2, -0.15) is 0 Å². The molecule has 3 heteroatoms. The molecule has 16 heavy (non-hydrogen) atoms. The van der Waals surface area contributed by atoms with Crippen LogP contribution in [-0.2, 0) is 0 Å². The zero-order valence-electron chi connectivity index (χ0n) is 9.32. The topological polar surface area (TPSA) is 45.0 Å². The first kappa shape index (κ1) is 9.73. The van der Waals surface area contributed by atoms with E-state index in [2.05, 4.69) is 34.1 Å². The van der Waals surface area contributed by atoms with Crippen molar-refractivity contribution in [3.8, 4) is 0 Å². The molecule has 1 aromatic heterocycles. The SMILES string of the molecule is NC1CCCN(c2cccc3cc[nH]c23)C1. The zero-order chi connectivity index (χ0) is 11.0. The Balaban J connectivity index is 2.01. The molecular weight excluding hydrogens is 198 g/mol. The van der Waals surface area contributed by atoms with Gasteiger partial charge in [0.15, 0.2) is 0 Å². The van der Waals surface area contributed by atoms with E-state index in [-0.39, 0.29) is 0 Å². The summed E-state index contributed by atoms with van der Waals surface area (Å²) in [5.74, 6) is 0. The number of piperidine rings is 1. The maximum Gasteiger partial charge on any atom is 0.0691 e. The molecule has 1 fully saturated rings. The standard InChI is InChI=1S/C13H17N3/c14-11-4-2-8-16(9-11)12-5-1-3-10-6-7-15-13(10)12/h1,3,5-7,11,15H,2,4,8-9,14H2. The van der Waals surface area contributed by atoms with E-state index in [0.29, 0.717) is 6.04 Å². The van der Waals surface area contributed by atoms with Gasteiger partial charge in [-0.15, -0.1) is 0 Å². The molecule has 1 unspecified atom stereocenters. The van der Waals surface area contributed by atoms with Crippen molar-refractivity contribution in [1.29, 1.82) is 0 Å². The maximum atomic E-state index is 6.03. The molecule has 1 aliphatic heterocycles. The average molecular weight is 215 g/mol. The molecule has 1 aliphatic rings.